The van der Waals surface area contributed by atoms with Gasteiger partial charge in [0.15, 0.2) is 0 Å². The van der Waals surface area contributed by atoms with E-state index >= 15 is 0 Å². The van der Waals surface area contributed by atoms with E-state index in [9.17, 15) is 14.0 Å². The van der Waals surface area contributed by atoms with Crippen LogP contribution in [-0.2, 0) is 9.59 Å². The van der Waals surface area contributed by atoms with Crippen molar-refractivity contribution in [2.75, 3.05) is 5.32 Å². The van der Waals surface area contributed by atoms with Gasteiger partial charge < -0.3 is 10.4 Å². The molecule has 1 aliphatic carbocycles. The van der Waals surface area contributed by atoms with Crippen molar-refractivity contribution in [3.05, 3.63) is 27.4 Å². The zero-order valence-corrected chi connectivity index (χ0v) is 12.7. The van der Waals surface area contributed by atoms with Crippen molar-refractivity contribution in [2.24, 2.45) is 11.8 Å². The molecular weight excluding hydrogens is 353 g/mol. The average Bonchev–Trinajstić information content (AvgIpc) is 2.82. The Hall–Kier alpha value is -1.14. The van der Waals surface area contributed by atoms with Crippen molar-refractivity contribution >= 4 is 45.1 Å². The zero-order valence-electron chi connectivity index (χ0n) is 10.3. The molecule has 1 aromatic carbocycles. The van der Waals surface area contributed by atoms with Crippen LogP contribution in [0.1, 0.15) is 19.3 Å². The number of carboxylic acid groups (broad SMARTS) is 1. The highest BCUT2D eigenvalue weighted by Gasteiger charge is 2.38. The van der Waals surface area contributed by atoms with Crippen LogP contribution >= 0.6 is 27.5 Å². The Kier molecular flexibility index (Phi) is 4.65. The molecule has 20 heavy (non-hydrogen) atoms. The summed E-state index contributed by atoms with van der Waals surface area (Å²) < 4.78 is 13.4. The van der Waals surface area contributed by atoms with Crippen LogP contribution in [0, 0.1) is 17.7 Å². The molecule has 1 amide bonds. The van der Waals surface area contributed by atoms with Gasteiger partial charge in [-0.3, -0.25) is 9.59 Å². The Morgan fingerprint density at radius 1 is 1.35 bits per heavy atom. The zero-order chi connectivity index (χ0) is 14.9. The second-order valence-electron chi connectivity index (χ2n) is 4.72. The number of carboxylic acids is 1. The van der Waals surface area contributed by atoms with Crippen molar-refractivity contribution in [3.8, 4) is 0 Å². The molecule has 1 fully saturated rings. The molecule has 0 aromatic heterocycles. The summed E-state index contributed by atoms with van der Waals surface area (Å²) in [5, 5.41) is 11.7. The lowest BCUT2D eigenvalue weighted by molar-refractivity contribution is -0.145. The molecule has 2 N–H and O–H groups in total. The Bertz CT molecular complexity index is 544. The summed E-state index contributed by atoms with van der Waals surface area (Å²) >= 11 is 9.01. The molecule has 0 saturated heterocycles. The van der Waals surface area contributed by atoms with Gasteiger partial charge in [0.05, 0.1) is 22.5 Å². The number of hydrogen-bond acceptors (Lipinski definition) is 2. The van der Waals surface area contributed by atoms with Gasteiger partial charge in [-0.15, -0.1) is 0 Å². The maximum absolute atomic E-state index is 13.1. The Balaban J connectivity index is 2.18. The van der Waals surface area contributed by atoms with Gasteiger partial charge in [-0.05, 0) is 40.9 Å². The van der Waals surface area contributed by atoms with Crippen LogP contribution in [0.15, 0.2) is 16.6 Å². The first-order chi connectivity index (χ1) is 9.40. The number of amides is 1. The first-order valence-corrected chi connectivity index (χ1v) is 7.25. The van der Waals surface area contributed by atoms with Crippen molar-refractivity contribution in [2.45, 2.75) is 19.3 Å². The van der Waals surface area contributed by atoms with Crippen LogP contribution in [0.4, 0.5) is 10.1 Å². The Morgan fingerprint density at radius 3 is 2.60 bits per heavy atom. The molecule has 0 spiro atoms. The predicted molar refractivity (Wildman–Crippen MR) is 76.2 cm³/mol. The molecule has 0 radical (unpaired) electrons. The number of carbonyl (C=O) groups excluding carboxylic acids is 1. The molecule has 1 aromatic rings. The Labute approximate surface area is 128 Å². The second-order valence-corrected chi connectivity index (χ2v) is 5.98. The molecule has 0 heterocycles. The fraction of sp³-hybridized carbons (Fsp3) is 0.385. The fourth-order valence-corrected chi connectivity index (χ4v) is 3.35. The van der Waals surface area contributed by atoms with Gasteiger partial charge in [0.2, 0.25) is 5.91 Å². The van der Waals surface area contributed by atoms with E-state index in [4.69, 9.17) is 16.7 Å². The second kappa shape index (κ2) is 6.10. The van der Waals surface area contributed by atoms with E-state index in [0.717, 1.165) is 6.07 Å². The standard InChI is InChI=1S/C13H12BrClFNO3/c14-9-4-6(16)5-10(15)11(9)17-12(18)7-2-1-3-8(7)13(19)20/h4-5,7-8H,1-3H2,(H,17,18)(H,19,20)/t7-,8+/m1/s1. The summed E-state index contributed by atoms with van der Waals surface area (Å²) in [6, 6.07) is 2.27. The first kappa shape index (κ1) is 15.3. The summed E-state index contributed by atoms with van der Waals surface area (Å²) in [5.74, 6) is -3.14. The van der Waals surface area contributed by atoms with Crippen LogP contribution in [0.5, 0.6) is 0 Å². The molecule has 0 unspecified atom stereocenters. The molecule has 0 bridgehead atoms. The topological polar surface area (TPSA) is 66.4 Å². The summed E-state index contributed by atoms with van der Waals surface area (Å²) in [6.45, 7) is 0. The minimum absolute atomic E-state index is 0.0649. The van der Waals surface area contributed by atoms with Crippen LogP contribution in [0.25, 0.3) is 0 Å². The summed E-state index contributed by atoms with van der Waals surface area (Å²) in [4.78, 5) is 23.3. The van der Waals surface area contributed by atoms with Crippen molar-refractivity contribution in [3.63, 3.8) is 0 Å². The van der Waals surface area contributed by atoms with Gasteiger partial charge in [-0.2, -0.15) is 0 Å². The van der Waals surface area contributed by atoms with Gasteiger partial charge in [-0.1, -0.05) is 18.0 Å². The highest BCUT2D eigenvalue weighted by atomic mass is 79.9. The first-order valence-electron chi connectivity index (χ1n) is 6.08. The number of carbonyl (C=O) groups is 2. The van der Waals surface area contributed by atoms with E-state index in [1.54, 1.807) is 0 Å². The number of benzene rings is 1. The quantitative estimate of drug-likeness (QED) is 0.860. The van der Waals surface area contributed by atoms with E-state index in [-0.39, 0.29) is 10.7 Å². The molecule has 7 heteroatoms. The number of nitrogens with one attached hydrogen (secondary N) is 1. The van der Waals surface area contributed by atoms with Gasteiger partial charge in [-0.25, -0.2) is 4.39 Å². The fourth-order valence-electron chi connectivity index (χ4n) is 2.45. The summed E-state index contributed by atoms with van der Waals surface area (Å²) in [6.07, 6.45) is 1.72. The molecule has 2 atom stereocenters. The number of anilines is 1. The van der Waals surface area contributed by atoms with Gasteiger partial charge in [0, 0.05) is 4.47 Å². The molecule has 2 rings (SSSR count). The average molecular weight is 365 g/mol. The highest BCUT2D eigenvalue weighted by molar-refractivity contribution is 9.10. The molecule has 1 aliphatic rings. The van der Waals surface area contributed by atoms with Gasteiger partial charge in [0.1, 0.15) is 5.82 Å². The summed E-state index contributed by atoms with van der Waals surface area (Å²) in [5.41, 5.74) is 0.258. The van der Waals surface area contributed by atoms with Crippen LogP contribution in [0.3, 0.4) is 0 Å². The van der Waals surface area contributed by atoms with Crippen molar-refractivity contribution < 1.29 is 19.1 Å². The minimum Gasteiger partial charge on any atom is -0.481 e. The largest absolute Gasteiger partial charge is 0.481 e. The molecule has 1 saturated carbocycles. The normalized spacial score (nSPS) is 21.8. The highest BCUT2D eigenvalue weighted by Crippen LogP contribution is 2.36. The SMILES string of the molecule is O=C(O)[C@H]1CCC[C@H]1C(=O)Nc1c(Cl)cc(F)cc1Br. The predicted octanol–water partition coefficient (Wildman–Crippen LogP) is 3.68. The molecule has 4 nitrogen and oxygen atoms in total. The molecule has 0 aliphatic heterocycles. The van der Waals surface area contributed by atoms with Crippen LogP contribution in [0.2, 0.25) is 5.02 Å². The number of aliphatic carboxylic acids is 1. The van der Waals surface area contributed by atoms with Crippen molar-refractivity contribution in [1.82, 2.24) is 0 Å². The van der Waals surface area contributed by atoms with Crippen LogP contribution < -0.4 is 5.32 Å². The number of halogens is 3. The third-order valence-corrected chi connectivity index (χ3v) is 4.35. The number of rotatable bonds is 3. The Morgan fingerprint density at radius 2 is 2.00 bits per heavy atom. The van der Waals surface area contributed by atoms with E-state index < -0.39 is 29.5 Å². The third-order valence-electron chi connectivity index (χ3n) is 3.43. The van der Waals surface area contributed by atoms with Gasteiger partial charge in [0.25, 0.3) is 0 Å². The lowest BCUT2D eigenvalue weighted by Crippen LogP contribution is -2.30. The maximum atomic E-state index is 13.1. The monoisotopic (exact) mass is 363 g/mol. The van der Waals surface area contributed by atoms with Gasteiger partial charge >= 0.3 is 5.97 Å². The lowest BCUT2D eigenvalue weighted by atomic mass is 9.95. The number of hydrogen-bond donors (Lipinski definition) is 2. The smallest absolute Gasteiger partial charge is 0.307 e. The van der Waals surface area contributed by atoms with Crippen molar-refractivity contribution in [1.29, 1.82) is 0 Å². The lowest BCUT2D eigenvalue weighted by Gasteiger charge is -2.17. The molecular formula is C13H12BrClFNO3. The van der Waals surface area contributed by atoms with E-state index in [2.05, 4.69) is 21.2 Å². The van der Waals surface area contributed by atoms with E-state index in [1.807, 2.05) is 0 Å². The minimum atomic E-state index is -0.966. The molecule has 108 valence electrons. The maximum Gasteiger partial charge on any atom is 0.307 e. The van der Waals surface area contributed by atoms with Crippen LogP contribution in [-0.4, -0.2) is 17.0 Å². The summed E-state index contributed by atoms with van der Waals surface area (Å²) in [7, 11) is 0. The van der Waals surface area contributed by atoms with E-state index in [1.165, 1.54) is 6.07 Å². The van der Waals surface area contributed by atoms with E-state index in [0.29, 0.717) is 23.7 Å². The third kappa shape index (κ3) is 3.12.